The highest BCUT2D eigenvalue weighted by molar-refractivity contribution is 7.46. The molecular formula is C42H79O8P. The number of rotatable bonds is 39. The van der Waals surface area contributed by atoms with Gasteiger partial charge in [0.15, 0.2) is 6.10 Å². The quantitative estimate of drug-likeness (QED) is 0.0276. The molecule has 0 radical (unpaired) electrons. The van der Waals surface area contributed by atoms with E-state index in [2.05, 4.69) is 42.7 Å². The lowest BCUT2D eigenvalue weighted by molar-refractivity contribution is -0.161. The Balaban J connectivity index is 3.91. The molecular weight excluding hydrogens is 663 g/mol. The Morgan fingerprint density at radius 3 is 1.20 bits per heavy atom. The summed E-state index contributed by atoms with van der Waals surface area (Å²) in [4.78, 5) is 42.8. The number of carbonyl (C=O) groups excluding carboxylic acids is 2. The second-order valence-electron chi connectivity index (χ2n) is 14.3. The van der Waals surface area contributed by atoms with Crippen LogP contribution in [-0.4, -0.2) is 41.0 Å². The molecule has 51 heavy (non-hydrogen) atoms. The predicted molar refractivity (Wildman–Crippen MR) is 212 cm³/mol. The van der Waals surface area contributed by atoms with Gasteiger partial charge in [0.25, 0.3) is 0 Å². The fourth-order valence-corrected chi connectivity index (χ4v) is 6.37. The summed E-state index contributed by atoms with van der Waals surface area (Å²) >= 11 is 0. The molecule has 0 fully saturated rings. The largest absolute Gasteiger partial charge is 0.469 e. The van der Waals surface area contributed by atoms with Crippen molar-refractivity contribution in [1.82, 2.24) is 0 Å². The Morgan fingerprint density at radius 1 is 0.490 bits per heavy atom. The summed E-state index contributed by atoms with van der Waals surface area (Å²) in [6.45, 7) is 3.68. The van der Waals surface area contributed by atoms with E-state index in [9.17, 15) is 14.2 Å². The Morgan fingerprint density at radius 2 is 0.824 bits per heavy atom. The van der Waals surface area contributed by atoms with Crippen LogP contribution in [0.2, 0.25) is 0 Å². The van der Waals surface area contributed by atoms with Crippen molar-refractivity contribution < 1.29 is 37.9 Å². The number of ether oxygens (including phenoxy) is 2. The number of hydrogen-bond donors (Lipinski definition) is 2. The van der Waals surface area contributed by atoms with Crippen LogP contribution in [0, 0.1) is 0 Å². The van der Waals surface area contributed by atoms with Gasteiger partial charge in [0, 0.05) is 12.8 Å². The molecule has 1 atom stereocenters. The number of allylic oxidation sites excluding steroid dienone is 4. The highest BCUT2D eigenvalue weighted by Gasteiger charge is 2.22. The lowest BCUT2D eigenvalue weighted by Crippen LogP contribution is -2.29. The third-order valence-electron chi connectivity index (χ3n) is 9.19. The van der Waals surface area contributed by atoms with Crippen LogP contribution in [-0.2, 0) is 28.2 Å². The van der Waals surface area contributed by atoms with Gasteiger partial charge < -0.3 is 19.3 Å². The lowest BCUT2D eigenvalue weighted by Gasteiger charge is -2.18. The first-order valence-corrected chi connectivity index (χ1v) is 22.7. The normalized spacial score (nSPS) is 12.6. The molecule has 0 aromatic heterocycles. The van der Waals surface area contributed by atoms with E-state index >= 15 is 0 Å². The number of hydrogen-bond acceptors (Lipinski definition) is 6. The fourth-order valence-electron chi connectivity index (χ4n) is 6.01. The van der Waals surface area contributed by atoms with Crippen molar-refractivity contribution in [2.24, 2.45) is 0 Å². The molecule has 0 amide bonds. The zero-order valence-electron chi connectivity index (χ0n) is 33.0. The van der Waals surface area contributed by atoms with E-state index in [4.69, 9.17) is 19.3 Å². The van der Waals surface area contributed by atoms with Crippen molar-refractivity contribution in [3.63, 3.8) is 0 Å². The Kier molecular flexibility index (Phi) is 37.2. The summed E-state index contributed by atoms with van der Waals surface area (Å²) in [7, 11) is -4.75. The molecule has 0 aromatic carbocycles. The molecule has 0 unspecified atom stereocenters. The van der Waals surface area contributed by atoms with Crippen molar-refractivity contribution in [2.45, 2.75) is 219 Å². The minimum Gasteiger partial charge on any atom is -0.462 e. The number of phosphoric ester groups is 1. The summed E-state index contributed by atoms with van der Waals surface area (Å²) in [5.41, 5.74) is 0. The van der Waals surface area contributed by atoms with Gasteiger partial charge in [0.05, 0.1) is 6.61 Å². The predicted octanol–water partition coefficient (Wildman–Crippen LogP) is 12.8. The van der Waals surface area contributed by atoms with Gasteiger partial charge in [-0.3, -0.25) is 14.1 Å². The molecule has 0 aliphatic carbocycles. The Labute approximate surface area is 313 Å². The molecule has 0 aliphatic rings. The Bertz CT molecular complexity index is 884. The zero-order chi connectivity index (χ0) is 37.5. The molecule has 0 saturated carbocycles. The SMILES string of the molecule is CCCCCCC/C=C\CCCCCCCC(=O)OC[C@H](COP(=O)(O)O)OC(=O)CCCCCCCCC/C=C\CCCCCCCCCC. The van der Waals surface area contributed by atoms with Crippen LogP contribution in [0.5, 0.6) is 0 Å². The molecule has 9 heteroatoms. The molecule has 8 nitrogen and oxygen atoms in total. The molecule has 0 aromatic rings. The number of unbranched alkanes of at least 4 members (excludes halogenated alkanes) is 25. The van der Waals surface area contributed by atoms with E-state index in [0.717, 1.165) is 57.8 Å². The van der Waals surface area contributed by atoms with E-state index in [1.165, 1.54) is 116 Å². The molecule has 2 N–H and O–H groups in total. The Hall–Kier alpha value is -1.47. The van der Waals surface area contributed by atoms with Gasteiger partial charge in [-0.2, -0.15) is 0 Å². The van der Waals surface area contributed by atoms with Crippen molar-refractivity contribution in [3.8, 4) is 0 Å². The van der Waals surface area contributed by atoms with Gasteiger partial charge in [-0.1, -0.05) is 160 Å². The maximum absolute atomic E-state index is 12.4. The molecule has 0 bridgehead atoms. The van der Waals surface area contributed by atoms with Gasteiger partial charge >= 0.3 is 19.8 Å². The monoisotopic (exact) mass is 743 g/mol. The number of phosphoric acid groups is 1. The van der Waals surface area contributed by atoms with E-state index < -0.39 is 32.5 Å². The summed E-state index contributed by atoms with van der Waals surface area (Å²) in [6, 6.07) is 0. The van der Waals surface area contributed by atoms with Crippen LogP contribution in [0.4, 0.5) is 0 Å². The number of carbonyl (C=O) groups is 2. The molecule has 300 valence electrons. The summed E-state index contributed by atoms with van der Waals surface area (Å²) in [5, 5.41) is 0. The van der Waals surface area contributed by atoms with E-state index in [1.807, 2.05) is 0 Å². The highest BCUT2D eigenvalue weighted by atomic mass is 31.2. The first kappa shape index (κ1) is 49.5. The van der Waals surface area contributed by atoms with Gasteiger partial charge in [0.2, 0.25) is 0 Å². The van der Waals surface area contributed by atoms with Gasteiger partial charge in [0.1, 0.15) is 6.61 Å². The molecule has 0 saturated heterocycles. The second-order valence-corrected chi connectivity index (χ2v) is 15.5. The fraction of sp³-hybridized carbons (Fsp3) is 0.857. The van der Waals surface area contributed by atoms with Crippen molar-refractivity contribution >= 4 is 19.8 Å². The van der Waals surface area contributed by atoms with Crippen LogP contribution in [0.1, 0.15) is 213 Å². The minimum atomic E-state index is -4.75. The summed E-state index contributed by atoms with van der Waals surface area (Å²) in [6.07, 6.45) is 43.3. The zero-order valence-corrected chi connectivity index (χ0v) is 33.9. The first-order valence-electron chi connectivity index (χ1n) is 21.1. The first-order chi connectivity index (χ1) is 24.8. The number of esters is 2. The summed E-state index contributed by atoms with van der Waals surface area (Å²) in [5.74, 6) is -0.894. The lowest BCUT2D eigenvalue weighted by atomic mass is 10.1. The van der Waals surface area contributed by atoms with Crippen LogP contribution in [0.25, 0.3) is 0 Å². The average Bonchev–Trinajstić information content (AvgIpc) is 3.10. The van der Waals surface area contributed by atoms with E-state index in [1.54, 1.807) is 0 Å². The second kappa shape index (κ2) is 38.3. The molecule has 0 aliphatic heterocycles. The average molecular weight is 743 g/mol. The molecule has 0 spiro atoms. The van der Waals surface area contributed by atoms with Crippen LogP contribution >= 0.6 is 7.82 Å². The molecule has 0 heterocycles. The topological polar surface area (TPSA) is 119 Å². The molecule has 0 rings (SSSR count). The summed E-state index contributed by atoms with van der Waals surface area (Å²) < 4.78 is 26.4. The van der Waals surface area contributed by atoms with Crippen molar-refractivity contribution in [2.75, 3.05) is 13.2 Å². The minimum absolute atomic E-state index is 0.207. The van der Waals surface area contributed by atoms with Crippen molar-refractivity contribution in [3.05, 3.63) is 24.3 Å². The van der Waals surface area contributed by atoms with E-state index in [-0.39, 0.29) is 19.4 Å². The van der Waals surface area contributed by atoms with Crippen LogP contribution in [0.3, 0.4) is 0 Å². The smallest absolute Gasteiger partial charge is 0.462 e. The van der Waals surface area contributed by atoms with Crippen LogP contribution in [0.15, 0.2) is 24.3 Å². The maximum atomic E-state index is 12.4. The van der Waals surface area contributed by atoms with Gasteiger partial charge in [-0.05, 0) is 64.2 Å². The van der Waals surface area contributed by atoms with Crippen LogP contribution < -0.4 is 0 Å². The van der Waals surface area contributed by atoms with Gasteiger partial charge in [-0.15, -0.1) is 0 Å². The standard InChI is InChI=1S/C42H79O8P/c1-3-5-7-9-11-13-15-17-19-20-21-22-23-25-27-29-31-33-35-37-42(44)50-40(39-49-51(45,46)47)38-48-41(43)36-34-32-30-28-26-24-18-16-14-12-10-8-6-4-2/h16,18,20-21,40H,3-15,17,19,22-39H2,1-2H3,(H2,45,46,47)/b18-16-,21-20-/t40-/m1/s1. The highest BCUT2D eigenvalue weighted by Crippen LogP contribution is 2.36. The van der Waals surface area contributed by atoms with E-state index in [0.29, 0.717) is 12.8 Å². The maximum Gasteiger partial charge on any atom is 0.469 e. The third-order valence-corrected chi connectivity index (χ3v) is 9.68. The van der Waals surface area contributed by atoms with Gasteiger partial charge in [-0.25, -0.2) is 4.57 Å². The van der Waals surface area contributed by atoms with Crippen molar-refractivity contribution in [1.29, 1.82) is 0 Å². The third kappa shape index (κ3) is 41.2.